The Bertz CT molecular complexity index is 657. The minimum atomic E-state index is -0.301. The summed E-state index contributed by atoms with van der Waals surface area (Å²) in [6, 6.07) is 14.7. The molecule has 23 heavy (non-hydrogen) atoms. The van der Waals surface area contributed by atoms with Crippen molar-refractivity contribution in [1.82, 2.24) is 5.32 Å². The number of amides is 1. The van der Waals surface area contributed by atoms with Crippen LogP contribution in [0.15, 0.2) is 48.5 Å². The summed E-state index contributed by atoms with van der Waals surface area (Å²) in [6.45, 7) is 0.327. The van der Waals surface area contributed by atoms with Crippen molar-refractivity contribution in [1.29, 1.82) is 0 Å². The van der Waals surface area contributed by atoms with Crippen LogP contribution in [0.2, 0.25) is 0 Å². The van der Waals surface area contributed by atoms with Gasteiger partial charge in [0.2, 0.25) is 0 Å². The molecule has 0 aliphatic carbocycles. The van der Waals surface area contributed by atoms with Crippen LogP contribution in [0, 0.1) is 0 Å². The number of hydrogen-bond donors (Lipinski definition) is 1. The maximum atomic E-state index is 12.4. The first-order valence-electron chi connectivity index (χ1n) is 7.28. The first-order chi connectivity index (χ1) is 11.2. The molecule has 0 heterocycles. The molecule has 1 N–H and O–H groups in total. The molecular formula is C18H21NO4. The Morgan fingerprint density at radius 3 is 2.22 bits per heavy atom. The van der Waals surface area contributed by atoms with Crippen molar-refractivity contribution in [3.05, 3.63) is 59.7 Å². The van der Waals surface area contributed by atoms with Gasteiger partial charge in [0.05, 0.1) is 19.8 Å². The summed E-state index contributed by atoms with van der Waals surface area (Å²) in [6.07, 6.45) is -0.301. The lowest BCUT2D eigenvalue weighted by Gasteiger charge is -2.19. The van der Waals surface area contributed by atoms with Crippen molar-refractivity contribution < 1.29 is 19.0 Å². The third kappa shape index (κ3) is 4.02. The summed E-state index contributed by atoms with van der Waals surface area (Å²) >= 11 is 0. The van der Waals surface area contributed by atoms with Gasteiger partial charge in [0.1, 0.15) is 17.6 Å². The molecule has 5 nitrogen and oxygen atoms in total. The van der Waals surface area contributed by atoms with E-state index >= 15 is 0 Å². The molecular weight excluding hydrogens is 294 g/mol. The molecule has 0 bridgehead atoms. The Morgan fingerprint density at radius 1 is 0.957 bits per heavy atom. The van der Waals surface area contributed by atoms with Gasteiger partial charge in [-0.05, 0) is 18.2 Å². The molecule has 0 spiro atoms. The molecule has 0 saturated carbocycles. The Hall–Kier alpha value is -2.53. The van der Waals surface area contributed by atoms with E-state index in [0.29, 0.717) is 17.9 Å². The van der Waals surface area contributed by atoms with Crippen molar-refractivity contribution in [2.45, 2.75) is 6.10 Å². The lowest BCUT2D eigenvalue weighted by atomic mass is 10.1. The van der Waals surface area contributed by atoms with Crippen LogP contribution in [0.3, 0.4) is 0 Å². The molecule has 2 aromatic rings. The number of carbonyl (C=O) groups excluding carboxylic acids is 1. The Labute approximate surface area is 136 Å². The van der Waals surface area contributed by atoms with E-state index in [1.54, 1.807) is 39.5 Å². The van der Waals surface area contributed by atoms with E-state index in [4.69, 9.17) is 14.2 Å². The number of nitrogens with one attached hydrogen (secondary N) is 1. The Kier molecular flexibility index (Phi) is 6.00. The first-order valence-corrected chi connectivity index (χ1v) is 7.28. The highest BCUT2D eigenvalue weighted by Crippen LogP contribution is 2.26. The highest BCUT2D eigenvalue weighted by atomic mass is 16.5. The monoisotopic (exact) mass is 315 g/mol. The van der Waals surface area contributed by atoms with Gasteiger partial charge in [0.15, 0.2) is 0 Å². The molecule has 0 aliphatic rings. The van der Waals surface area contributed by atoms with Gasteiger partial charge < -0.3 is 19.5 Å². The number of rotatable bonds is 7. The van der Waals surface area contributed by atoms with Gasteiger partial charge in [-0.1, -0.05) is 30.3 Å². The van der Waals surface area contributed by atoms with Gasteiger partial charge >= 0.3 is 0 Å². The molecule has 0 saturated heterocycles. The predicted molar refractivity (Wildman–Crippen MR) is 88.1 cm³/mol. The smallest absolute Gasteiger partial charge is 0.255 e. The largest absolute Gasteiger partial charge is 0.496 e. The number of carbonyl (C=O) groups is 1. The minimum absolute atomic E-state index is 0.209. The molecule has 1 unspecified atom stereocenters. The molecule has 122 valence electrons. The molecule has 2 rings (SSSR count). The number of hydrogen-bond acceptors (Lipinski definition) is 4. The second-order valence-electron chi connectivity index (χ2n) is 4.88. The standard InChI is InChI=1S/C18H21NO4/c1-21-15-10-6-4-8-13(15)17(23-3)12-19-18(20)14-9-5-7-11-16(14)22-2/h4-11,17H,12H2,1-3H3,(H,19,20). The topological polar surface area (TPSA) is 56.8 Å². The molecule has 1 amide bonds. The van der Waals surface area contributed by atoms with E-state index in [0.717, 1.165) is 11.3 Å². The van der Waals surface area contributed by atoms with Crippen LogP contribution >= 0.6 is 0 Å². The Morgan fingerprint density at radius 2 is 1.57 bits per heavy atom. The molecule has 0 fully saturated rings. The van der Waals surface area contributed by atoms with E-state index in [-0.39, 0.29) is 12.0 Å². The third-order valence-corrected chi connectivity index (χ3v) is 3.57. The van der Waals surface area contributed by atoms with Gasteiger partial charge in [-0.15, -0.1) is 0 Å². The van der Waals surface area contributed by atoms with E-state index in [2.05, 4.69) is 5.32 Å². The van der Waals surface area contributed by atoms with Crippen molar-refractivity contribution in [2.75, 3.05) is 27.9 Å². The van der Waals surface area contributed by atoms with Crippen LogP contribution in [0.1, 0.15) is 22.0 Å². The molecule has 5 heteroatoms. The molecule has 0 aliphatic heterocycles. The van der Waals surface area contributed by atoms with Crippen molar-refractivity contribution in [3.63, 3.8) is 0 Å². The van der Waals surface area contributed by atoms with E-state index in [1.165, 1.54) is 0 Å². The average molecular weight is 315 g/mol. The van der Waals surface area contributed by atoms with Crippen molar-refractivity contribution in [3.8, 4) is 11.5 Å². The summed E-state index contributed by atoms with van der Waals surface area (Å²) in [5.74, 6) is 1.06. The van der Waals surface area contributed by atoms with Gasteiger partial charge in [0.25, 0.3) is 5.91 Å². The van der Waals surface area contributed by atoms with Gasteiger partial charge in [-0.2, -0.15) is 0 Å². The van der Waals surface area contributed by atoms with E-state index in [1.807, 2.05) is 30.3 Å². The SMILES string of the molecule is COc1ccccc1C(=O)NCC(OC)c1ccccc1OC. The maximum Gasteiger partial charge on any atom is 0.255 e. The zero-order valence-corrected chi connectivity index (χ0v) is 13.5. The predicted octanol–water partition coefficient (Wildman–Crippen LogP) is 2.82. The van der Waals surface area contributed by atoms with Crippen LogP contribution in [-0.2, 0) is 4.74 Å². The first kappa shape index (κ1) is 16.8. The summed E-state index contributed by atoms with van der Waals surface area (Å²) < 4.78 is 16.0. The zero-order valence-electron chi connectivity index (χ0n) is 13.5. The lowest BCUT2D eigenvalue weighted by Crippen LogP contribution is -2.29. The zero-order chi connectivity index (χ0) is 16.7. The summed E-state index contributed by atoms with van der Waals surface area (Å²) in [5.41, 5.74) is 1.38. The highest BCUT2D eigenvalue weighted by Gasteiger charge is 2.18. The van der Waals surface area contributed by atoms with Crippen molar-refractivity contribution >= 4 is 5.91 Å². The lowest BCUT2D eigenvalue weighted by molar-refractivity contribution is 0.0817. The number of para-hydroxylation sites is 2. The van der Waals surface area contributed by atoms with Crippen molar-refractivity contribution in [2.24, 2.45) is 0 Å². The fourth-order valence-electron chi connectivity index (χ4n) is 2.37. The van der Waals surface area contributed by atoms with Gasteiger partial charge in [-0.25, -0.2) is 0 Å². The molecule has 0 aromatic heterocycles. The summed E-state index contributed by atoms with van der Waals surface area (Å²) in [4.78, 5) is 12.4. The fraction of sp³-hybridized carbons (Fsp3) is 0.278. The van der Waals surface area contributed by atoms with Gasteiger partial charge in [-0.3, -0.25) is 4.79 Å². The summed E-state index contributed by atoms with van der Waals surface area (Å²) in [7, 11) is 4.75. The highest BCUT2D eigenvalue weighted by molar-refractivity contribution is 5.96. The quantitative estimate of drug-likeness (QED) is 0.853. The average Bonchev–Trinajstić information content (AvgIpc) is 2.62. The van der Waals surface area contributed by atoms with Crippen LogP contribution in [0.25, 0.3) is 0 Å². The maximum absolute atomic E-state index is 12.4. The van der Waals surface area contributed by atoms with Crippen LogP contribution in [0.4, 0.5) is 0 Å². The number of methoxy groups -OCH3 is 3. The molecule has 0 radical (unpaired) electrons. The minimum Gasteiger partial charge on any atom is -0.496 e. The number of ether oxygens (including phenoxy) is 3. The van der Waals surface area contributed by atoms with Gasteiger partial charge in [0, 0.05) is 19.2 Å². The van der Waals surface area contributed by atoms with E-state index < -0.39 is 0 Å². The second-order valence-corrected chi connectivity index (χ2v) is 4.88. The second kappa shape index (κ2) is 8.19. The normalized spacial score (nSPS) is 11.6. The van der Waals surface area contributed by atoms with Crippen LogP contribution < -0.4 is 14.8 Å². The van der Waals surface area contributed by atoms with Crippen LogP contribution in [0.5, 0.6) is 11.5 Å². The van der Waals surface area contributed by atoms with Crippen LogP contribution in [-0.4, -0.2) is 33.8 Å². The molecule has 1 atom stereocenters. The third-order valence-electron chi connectivity index (χ3n) is 3.57. The van der Waals surface area contributed by atoms with E-state index in [9.17, 15) is 4.79 Å². The Balaban J connectivity index is 2.10. The summed E-state index contributed by atoms with van der Waals surface area (Å²) in [5, 5.41) is 2.87. The number of benzene rings is 2. The molecule has 2 aromatic carbocycles. The fourth-order valence-corrected chi connectivity index (χ4v) is 2.37.